The first-order chi connectivity index (χ1) is 15.7. The fourth-order valence-electron chi connectivity index (χ4n) is 3.64. The van der Waals surface area contributed by atoms with E-state index in [9.17, 15) is 4.79 Å². The molecule has 3 N–H and O–H groups in total. The summed E-state index contributed by atoms with van der Waals surface area (Å²) in [5, 5.41) is 12.4. The van der Waals surface area contributed by atoms with E-state index < -0.39 is 0 Å². The highest BCUT2D eigenvalue weighted by Gasteiger charge is 2.20. The third kappa shape index (κ3) is 4.10. The van der Waals surface area contributed by atoms with Crippen molar-refractivity contribution in [2.45, 2.75) is 12.5 Å². The molecule has 32 heavy (non-hydrogen) atoms. The molecule has 0 spiro atoms. The number of methoxy groups -OCH3 is 1. The number of fused-ring (bicyclic) bond motifs is 1. The van der Waals surface area contributed by atoms with Gasteiger partial charge in [-0.15, -0.1) is 11.3 Å². The molecule has 1 saturated heterocycles. The van der Waals surface area contributed by atoms with Gasteiger partial charge in [0.2, 0.25) is 0 Å². The number of carbonyl (C=O) groups excluding carboxylic acids is 1. The van der Waals surface area contributed by atoms with Crippen LogP contribution in [0, 0.1) is 0 Å². The molecule has 0 saturated carbocycles. The third-order valence-electron chi connectivity index (χ3n) is 5.20. The van der Waals surface area contributed by atoms with Gasteiger partial charge in [-0.1, -0.05) is 6.07 Å². The molecule has 0 aromatic carbocycles. The molecule has 9 nitrogen and oxygen atoms in total. The second kappa shape index (κ2) is 8.85. The van der Waals surface area contributed by atoms with Gasteiger partial charge in [0.05, 0.1) is 35.3 Å². The minimum atomic E-state index is -0.200. The maximum Gasteiger partial charge on any atom is 0.266 e. The number of hydrogen-bond donors (Lipinski definition) is 3. The van der Waals surface area contributed by atoms with Gasteiger partial charge < -0.3 is 20.7 Å². The number of rotatable bonds is 6. The van der Waals surface area contributed by atoms with Crippen LogP contribution >= 0.6 is 11.3 Å². The molecule has 162 valence electrons. The predicted molar refractivity (Wildman–Crippen MR) is 124 cm³/mol. The van der Waals surface area contributed by atoms with Crippen molar-refractivity contribution in [3.05, 3.63) is 53.1 Å². The van der Waals surface area contributed by atoms with Crippen LogP contribution in [0.1, 0.15) is 16.1 Å². The molecular weight excluding hydrogens is 426 g/mol. The highest BCUT2D eigenvalue weighted by Crippen LogP contribution is 2.32. The number of ether oxygens (including phenoxy) is 1. The lowest BCUT2D eigenvalue weighted by Gasteiger charge is -2.16. The first kappa shape index (κ1) is 20.3. The molecule has 0 aliphatic carbocycles. The molecule has 5 heterocycles. The van der Waals surface area contributed by atoms with Crippen LogP contribution in [0.15, 0.2) is 48.2 Å². The Morgan fingerprint density at radius 3 is 3.00 bits per heavy atom. The second-order valence-corrected chi connectivity index (χ2v) is 8.27. The van der Waals surface area contributed by atoms with Crippen molar-refractivity contribution >= 4 is 39.8 Å². The maximum atomic E-state index is 12.4. The van der Waals surface area contributed by atoms with E-state index in [4.69, 9.17) is 14.7 Å². The summed E-state index contributed by atoms with van der Waals surface area (Å²) < 4.78 is 5.52. The molecule has 1 aliphatic heterocycles. The van der Waals surface area contributed by atoms with Gasteiger partial charge in [-0.25, -0.2) is 15.0 Å². The average Bonchev–Trinajstić information content (AvgIpc) is 3.53. The molecule has 1 amide bonds. The van der Waals surface area contributed by atoms with Crippen molar-refractivity contribution < 1.29 is 9.53 Å². The van der Waals surface area contributed by atoms with Crippen LogP contribution in [0.25, 0.3) is 22.3 Å². The van der Waals surface area contributed by atoms with Gasteiger partial charge in [0, 0.05) is 24.3 Å². The summed E-state index contributed by atoms with van der Waals surface area (Å²) in [6, 6.07) is 7.45. The van der Waals surface area contributed by atoms with Gasteiger partial charge in [0.15, 0.2) is 5.82 Å². The normalized spacial score (nSPS) is 15.6. The number of carbonyl (C=O) groups is 1. The van der Waals surface area contributed by atoms with Crippen LogP contribution < -0.4 is 20.7 Å². The van der Waals surface area contributed by atoms with Crippen molar-refractivity contribution in [1.29, 1.82) is 0 Å². The Kier molecular flexibility index (Phi) is 5.61. The van der Waals surface area contributed by atoms with Crippen LogP contribution in [0.4, 0.5) is 11.6 Å². The molecule has 0 bridgehead atoms. The zero-order valence-corrected chi connectivity index (χ0v) is 18.1. The predicted octanol–water partition coefficient (Wildman–Crippen LogP) is 3.18. The van der Waals surface area contributed by atoms with Gasteiger partial charge in [-0.3, -0.25) is 9.78 Å². The van der Waals surface area contributed by atoms with Crippen LogP contribution in [-0.2, 0) is 0 Å². The van der Waals surface area contributed by atoms with Crippen LogP contribution in [0.2, 0.25) is 0 Å². The monoisotopic (exact) mass is 447 g/mol. The lowest BCUT2D eigenvalue weighted by molar-refractivity contribution is 0.103. The quantitative estimate of drug-likeness (QED) is 0.413. The summed E-state index contributed by atoms with van der Waals surface area (Å²) in [6.45, 7) is 1.83. The van der Waals surface area contributed by atoms with E-state index in [1.807, 2.05) is 17.5 Å². The lowest BCUT2D eigenvalue weighted by Crippen LogP contribution is -2.23. The fourth-order valence-corrected chi connectivity index (χ4v) is 4.26. The molecule has 1 aliphatic rings. The zero-order valence-electron chi connectivity index (χ0n) is 17.3. The number of nitrogens with one attached hydrogen (secondary N) is 3. The van der Waals surface area contributed by atoms with E-state index in [2.05, 4.69) is 25.9 Å². The average molecular weight is 448 g/mol. The smallest absolute Gasteiger partial charge is 0.266 e. The topological polar surface area (TPSA) is 114 Å². The summed E-state index contributed by atoms with van der Waals surface area (Å²) in [7, 11) is 1.61. The molecule has 10 heteroatoms. The fraction of sp³-hybridized carbons (Fsp3) is 0.227. The molecule has 0 unspecified atom stereocenters. The summed E-state index contributed by atoms with van der Waals surface area (Å²) in [5.41, 5.74) is 1.41. The van der Waals surface area contributed by atoms with Gasteiger partial charge in [0.1, 0.15) is 17.4 Å². The highest BCUT2D eigenvalue weighted by molar-refractivity contribution is 7.12. The maximum absolute atomic E-state index is 12.4. The van der Waals surface area contributed by atoms with Crippen LogP contribution in [0.3, 0.4) is 0 Å². The number of hydrogen-bond acceptors (Lipinski definition) is 9. The first-order valence-corrected chi connectivity index (χ1v) is 11.1. The van der Waals surface area contributed by atoms with Gasteiger partial charge in [-0.2, -0.15) is 0 Å². The Morgan fingerprint density at radius 1 is 1.28 bits per heavy atom. The van der Waals surface area contributed by atoms with Crippen molar-refractivity contribution in [3.8, 4) is 17.1 Å². The standard InChI is InChI=1S/C22H21N7O2S/c1-31-16-12-24-11-15-19(16)21(26-14-5-6-23-10-14)29-20(27-15)13-4-7-25-18(9-13)28-22(30)17-3-2-8-32-17/h2-4,7-9,11-12,14,23H,5-6,10H2,1H3,(H,25,28,30)(H,26,27,29)/t14-/m1/s1. The molecule has 4 aromatic rings. The van der Waals surface area contributed by atoms with E-state index in [0.29, 0.717) is 33.6 Å². The number of thiophene rings is 1. The Bertz CT molecular complexity index is 1260. The van der Waals surface area contributed by atoms with E-state index in [1.165, 1.54) is 11.3 Å². The van der Waals surface area contributed by atoms with Crippen molar-refractivity contribution in [2.24, 2.45) is 0 Å². The molecule has 4 aromatic heterocycles. The van der Waals surface area contributed by atoms with Gasteiger partial charge in [0.25, 0.3) is 5.91 Å². The van der Waals surface area contributed by atoms with Gasteiger partial charge >= 0.3 is 0 Å². The second-order valence-electron chi connectivity index (χ2n) is 7.33. The Hall–Kier alpha value is -3.63. The van der Waals surface area contributed by atoms with Crippen molar-refractivity contribution in [3.63, 3.8) is 0 Å². The third-order valence-corrected chi connectivity index (χ3v) is 6.07. The van der Waals surface area contributed by atoms with E-state index in [1.54, 1.807) is 37.8 Å². The molecule has 5 rings (SSSR count). The number of amides is 1. The van der Waals surface area contributed by atoms with Crippen molar-refractivity contribution in [1.82, 2.24) is 25.3 Å². The summed E-state index contributed by atoms with van der Waals surface area (Å²) in [5.74, 6) is 2.05. The molecule has 1 fully saturated rings. The Labute approximate surface area is 188 Å². The zero-order chi connectivity index (χ0) is 21.9. The number of nitrogens with zero attached hydrogens (tertiary/aromatic N) is 4. The summed E-state index contributed by atoms with van der Waals surface area (Å²) >= 11 is 1.38. The molecular formula is C22H21N7O2S. The summed E-state index contributed by atoms with van der Waals surface area (Å²) in [6.07, 6.45) is 5.99. The lowest BCUT2D eigenvalue weighted by atomic mass is 10.2. The first-order valence-electron chi connectivity index (χ1n) is 10.2. The highest BCUT2D eigenvalue weighted by atomic mass is 32.1. The van der Waals surface area contributed by atoms with E-state index in [-0.39, 0.29) is 11.9 Å². The number of pyridine rings is 2. The van der Waals surface area contributed by atoms with E-state index >= 15 is 0 Å². The SMILES string of the molecule is COc1cncc2nc(-c3ccnc(NC(=O)c4cccs4)c3)nc(N[C@@H]3CCNC3)c12. The summed E-state index contributed by atoms with van der Waals surface area (Å²) in [4.78, 5) is 31.1. The van der Waals surface area contributed by atoms with Crippen LogP contribution in [-0.4, -0.2) is 52.1 Å². The Morgan fingerprint density at radius 2 is 2.22 bits per heavy atom. The van der Waals surface area contributed by atoms with E-state index in [0.717, 1.165) is 30.5 Å². The molecule has 0 radical (unpaired) electrons. The minimum Gasteiger partial charge on any atom is -0.494 e. The number of anilines is 2. The molecule has 1 atom stereocenters. The van der Waals surface area contributed by atoms with Gasteiger partial charge in [-0.05, 0) is 36.5 Å². The minimum absolute atomic E-state index is 0.200. The number of aromatic nitrogens is 4. The Balaban J connectivity index is 1.53. The van der Waals surface area contributed by atoms with Crippen molar-refractivity contribution in [2.75, 3.05) is 30.8 Å². The van der Waals surface area contributed by atoms with Crippen LogP contribution in [0.5, 0.6) is 5.75 Å². The largest absolute Gasteiger partial charge is 0.494 e.